The SMILES string of the molecule is O=C(Nc1ccccc1Cl)c1cc(N2CCCC2)ccn1. The van der Waals surface area contributed by atoms with Crippen molar-refractivity contribution >= 4 is 28.9 Å². The van der Waals surface area contributed by atoms with E-state index in [-0.39, 0.29) is 5.91 Å². The number of aromatic nitrogens is 1. The van der Waals surface area contributed by atoms with Crippen LogP contribution in [0.15, 0.2) is 42.6 Å². The van der Waals surface area contributed by atoms with Crippen LogP contribution in [0.5, 0.6) is 0 Å². The van der Waals surface area contributed by atoms with Crippen LogP contribution in [0.4, 0.5) is 11.4 Å². The summed E-state index contributed by atoms with van der Waals surface area (Å²) >= 11 is 6.05. The minimum absolute atomic E-state index is 0.246. The van der Waals surface area contributed by atoms with Crippen molar-refractivity contribution in [2.45, 2.75) is 12.8 Å². The lowest BCUT2D eigenvalue weighted by molar-refractivity contribution is 0.102. The van der Waals surface area contributed by atoms with Crippen LogP contribution < -0.4 is 10.2 Å². The maximum atomic E-state index is 12.3. The molecule has 0 spiro atoms. The Hall–Kier alpha value is -2.07. The van der Waals surface area contributed by atoms with Crippen LogP contribution in [0.2, 0.25) is 5.02 Å². The van der Waals surface area contributed by atoms with Gasteiger partial charge < -0.3 is 10.2 Å². The molecule has 0 saturated carbocycles. The average Bonchev–Trinajstić information content (AvgIpc) is 3.04. The summed E-state index contributed by atoms with van der Waals surface area (Å²) in [6.07, 6.45) is 4.07. The zero-order valence-corrected chi connectivity index (χ0v) is 12.3. The Morgan fingerprint density at radius 1 is 1.19 bits per heavy atom. The monoisotopic (exact) mass is 301 g/mol. The zero-order valence-electron chi connectivity index (χ0n) is 11.6. The Morgan fingerprint density at radius 3 is 2.71 bits per heavy atom. The molecule has 108 valence electrons. The number of rotatable bonds is 3. The highest BCUT2D eigenvalue weighted by Crippen LogP contribution is 2.23. The molecule has 4 nitrogen and oxygen atoms in total. The first kappa shape index (κ1) is 13.9. The quantitative estimate of drug-likeness (QED) is 0.942. The van der Waals surface area contributed by atoms with Gasteiger partial charge in [0, 0.05) is 25.0 Å². The molecular formula is C16H16ClN3O. The molecule has 1 aliphatic rings. The third kappa shape index (κ3) is 3.16. The predicted octanol–water partition coefficient (Wildman–Crippen LogP) is 3.59. The number of carbonyl (C=O) groups is 1. The molecule has 21 heavy (non-hydrogen) atoms. The second kappa shape index (κ2) is 6.14. The maximum Gasteiger partial charge on any atom is 0.274 e. The van der Waals surface area contributed by atoms with Gasteiger partial charge in [-0.3, -0.25) is 9.78 Å². The fourth-order valence-electron chi connectivity index (χ4n) is 2.46. The number of hydrogen-bond acceptors (Lipinski definition) is 3. The van der Waals surface area contributed by atoms with Crippen LogP contribution in [0.3, 0.4) is 0 Å². The maximum absolute atomic E-state index is 12.3. The van der Waals surface area contributed by atoms with E-state index in [2.05, 4.69) is 15.2 Å². The van der Waals surface area contributed by atoms with Gasteiger partial charge in [-0.1, -0.05) is 23.7 Å². The van der Waals surface area contributed by atoms with Gasteiger partial charge in [-0.25, -0.2) is 0 Å². The molecule has 1 aromatic heterocycles. The van der Waals surface area contributed by atoms with E-state index in [4.69, 9.17) is 11.6 Å². The smallest absolute Gasteiger partial charge is 0.274 e. The molecule has 2 heterocycles. The topological polar surface area (TPSA) is 45.2 Å². The number of halogens is 1. The third-order valence-corrected chi connectivity index (χ3v) is 3.90. The van der Waals surface area contributed by atoms with Crippen molar-refractivity contribution in [3.05, 3.63) is 53.3 Å². The number of amides is 1. The van der Waals surface area contributed by atoms with Crippen LogP contribution in [0.1, 0.15) is 23.3 Å². The van der Waals surface area contributed by atoms with Crippen molar-refractivity contribution in [2.75, 3.05) is 23.3 Å². The molecule has 0 bridgehead atoms. The van der Waals surface area contributed by atoms with E-state index in [1.54, 1.807) is 18.3 Å². The number of nitrogens with zero attached hydrogens (tertiary/aromatic N) is 2. The fourth-order valence-corrected chi connectivity index (χ4v) is 2.65. The standard InChI is InChI=1S/C16H16ClN3O/c17-13-5-1-2-6-14(13)19-16(21)15-11-12(7-8-18-15)20-9-3-4-10-20/h1-2,5-8,11H,3-4,9-10H2,(H,19,21). The summed E-state index contributed by atoms with van der Waals surface area (Å²) in [7, 11) is 0. The minimum Gasteiger partial charge on any atom is -0.371 e. The van der Waals surface area contributed by atoms with E-state index < -0.39 is 0 Å². The second-order valence-electron chi connectivity index (χ2n) is 5.03. The fraction of sp³-hybridized carbons (Fsp3) is 0.250. The van der Waals surface area contributed by atoms with Gasteiger partial charge in [0.1, 0.15) is 5.69 Å². The van der Waals surface area contributed by atoms with Crippen LogP contribution in [0.25, 0.3) is 0 Å². The van der Waals surface area contributed by atoms with E-state index >= 15 is 0 Å². The summed E-state index contributed by atoms with van der Waals surface area (Å²) in [5, 5.41) is 3.31. The molecule has 1 N–H and O–H groups in total. The number of nitrogens with one attached hydrogen (secondary N) is 1. The second-order valence-corrected chi connectivity index (χ2v) is 5.43. The summed E-state index contributed by atoms with van der Waals surface area (Å²) < 4.78 is 0. The zero-order chi connectivity index (χ0) is 14.7. The van der Waals surface area contributed by atoms with Gasteiger partial charge >= 0.3 is 0 Å². The van der Waals surface area contributed by atoms with Gasteiger partial charge in [0.2, 0.25) is 0 Å². The van der Waals surface area contributed by atoms with Gasteiger partial charge in [0.05, 0.1) is 10.7 Å². The van der Waals surface area contributed by atoms with Crippen LogP contribution in [0, 0.1) is 0 Å². The number of pyridine rings is 1. The van der Waals surface area contributed by atoms with E-state index in [0.29, 0.717) is 16.4 Å². The molecule has 5 heteroatoms. The molecule has 0 radical (unpaired) electrons. The summed E-state index contributed by atoms with van der Waals surface area (Å²) in [4.78, 5) is 18.7. The van der Waals surface area contributed by atoms with Crippen molar-refractivity contribution in [1.29, 1.82) is 0 Å². The van der Waals surface area contributed by atoms with Crippen molar-refractivity contribution in [2.24, 2.45) is 0 Å². The van der Waals surface area contributed by atoms with Crippen molar-refractivity contribution in [1.82, 2.24) is 4.98 Å². The summed E-state index contributed by atoms with van der Waals surface area (Å²) in [5.74, 6) is -0.246. The van der Waals surface area contributed by atoms with E-state index in [1.165, 1.54) is 12.8 Å². The number of benzene rings is 1. The predicted molar refractivity (Wildman–Crippen MR) is 85.1 cm³/mol. The molecule has 1 aromatic carbocycles. The molecule has 1 aliphatic heterocycles. The number of hydrogen-bond donors (Lipinski definition) is 1. The van der Waals surface area contributed by atoms with E-state index in [1.807, 2.05) is 24.3 Å². The van der Waals surface area contributed by atoms with E-state index in [0.717, 1.165) is 18.8 Å². The first-order valence-electron chi connectivity index (χ1n) is 7.01. The first-order valence-corrected chi connectivity index (χ1v) is 7.39. The van der Waals surface area contributed by atoms with Crippen LogP contribution >= 0.6 is 11.6 Å². The van der Waals surface area contributed by atoms with Crippen molar-refractivity contribution in [3.63, 3.8) is 0 Å². The number of para-hydroxylation sites is 1. The molecule has 0 aliphatic carbocycles. The van der Waals surface area contributed by atoms with Crippen molar-refractivity contribution in [3.8, 4) is 0 Å². The molecule has 3 rings (SSSR count). The molecule has 0 unspecified atom stereocenters. The Bertz CT molecular complexity index is 653. The van der Waals surface area contributed by atoms with Gasteiger partial charge in [-0.15, -0.1) is 0 Å². The van der Waals surface area contributed by atoms with Gasteiger partial charge in [-0.05, 0) is 37.1 Å². The third-order valence-electron chi connectivity index (χ3n) is 3.57. The first-order chi connectivity index (χ1) is 10.2. The van der Waals surface area contributed by atoms with Gasteiger partial charge in [0.15, 0.2) is 0 Å². The summed E-state index contributed by atoms with van der Waals surface area (Å²) in [5.41, 5.74) is 2.05. The Kier molecular flexibility index (Phi) is 4.06. The normalized spacial score (nSPS) is 14.2. The Balaban J connectivity index is 1.78. The minimum atomic E-state index is -0.246. The van der Waals surface area contributed by atoms with Crippen molar-refractivity contribution < 1.29 is 4.79 Å². The lowest BCUT2D eigenvalue weighted by Gasteiger charge is -2.17. The molecule has 1 saturated heterocycles. The average molecular weight is 302 g/mol. The largest absolute Gasteiger partial charge is 0.371 e. The lowest BCUT2D eigenvalue weighted by Crippen LogP contribution is -2.19. The molecule has 1 amide bonds. The van der Waals surface area contributed by atoms with Gasteiger partial charge in [0.25, 0.3) is 5.91 Å². The highest BCUT2D eigenvalue weighted by molar-refractivity contribution is 6.33. The molecule has 0 atom stereocenters. The Morgan fingerprint density at radius 2 is 1.95 bits per heavy atom. The summed E-state index contributed by atoms with van der Waals surface area (Å²) in [6, 6.07) is 10.9. The highest BCUT2D eigenvalue weighted by Gasteiger charge is 2.15. The van der Waals surface area contributed by atoms with Crippen LogP contribution in [-0.4, -0.2) is 24.0 Å². The van der Waals surface area contributed by atoms with Gasteiger partial charge in [-0.2, -0.15) is 0 Å². The molecule has 2 aromatic rings. The lowest BCUT2D eigenvalue weighted by atomic mass is 10.2. The molecular weight excluding hydrogens is 286 g/mol. The van der Waals surface area contributed by atoms with E-state index in [9.17, 15) is 4.79 Å². The highest BCUT2D eigenvalue weighted by atomic mass is 35.5. The summed E-state index contributed by atoms with van der Waals surface area (Å²) in [6.45, 7) is 2.07. The number of anilines is 2. The molecule has 1 fully saturated rings. The Labute approximate surface area is 128 Å². The van der Waals surface area contributed by atoms with Crippen LogP contribution in [-0.2, 0) is 0 Å². The number of carbonyl (C=O) groups excluding carboxylic acids is 1.